The largest absolute Gasteiger partial charge is 0.393 e. The van der Waals surface area contributed by atoms with E-state index in [1.54, 1.807) is 24.5 Å². The highest BCUT2D eigenvalue weighted by atomic mass is 16.3. The van der Waals surface area contributed by atoms with Gasteiger partial charge in [-0.05, 0) is 86.7 Å². The van der Waals surface area contributed by atoms with Gasteiger partial charge in [-0.15, -0.1) is 0 Å². The summed E-state index contributed by atoms with van der Waals surface area (Å²) in [6.45, 7) is 4.84. The van der Waals surface area contributed by atoms with Crippen molar-refractivity contribution in [3.8, 4) is 0 Å². The van der Waals surface area contributed by atoms with Gasteiger partial charge in [-0.1, -0.05) is 25.5 Å². The molecule has 3 saturated carbocycles. The third-order valence-electron chi connectivity index (χ3n) is 9.05. The summed E-state index contributed by atoms with van der Waals surface area (Å²) in [5, 5.41) is 14.8. The third-order valence-corrected chi connectivity index (χ3v) is 9.05. The van der Waals surface area contributed by atoms with Crippen LogP contribution in [0.3, 0.4) is 0 Å². The number of carbonyl (C=O) groups excluding carboxylic acids is 1. The zero-order valence-electron chi connectivity index (χ0n) is 18.1. The maximum atomic E-state index is 12.4. The lowest BCUT2D eigenvalue weighted by Crippen LogP contribution is -2.50. The Labute approximate surface area is 179 Å². The number of carbonyl (C=O) groups is 1. The molecule has 1 aromatic rings. The number of hydrazone groups is 1. The van der Waals surface area contributed by atoms with E-state index in [1.807, 2.05) is 0 Å². The Hall–Kier alpha value is -2.01. The summed E-state index contributed by atoms with van der Waals surface area (Å²) in [5.74, 6) is 1.88. The fourth-order valence-electron chi connectivity index (χ4n) is 7.30. The second-order valence-corrected chi connectivity index (χ2v) is 10.4. The lowest BCUT2D eigenvalue weighted by Gasteiger charge is -2.57. The minimum absolute atomic E-state index is 0.0859. The van der Waals surface area contributed by atoms with Crippen LogP contribution in [0.25, 0.3) is 0 Å². The minimum atomic E-state index is -0.163. The van der Waals surface area contributed by atoms with Gasteiger partial charge in [0.1, 0.15) is 0 Å². The average molecular weight is 408 g/mol. The van der Waals surface area contributed by atoms with Crippen LogP contribution in [0.5, 0.6) is 0 Å². The molecule has 1 aromatic heterocycles. The first-order valence-corrected chi connectivity index (χ1v) is 11.6. The highest BCUT2D eigenvalue weighted by molar-refractivity contribution is 5.97. The second kappa shape index (κ2) is 7.30. The number of hydrogen-bond donors (Lipinski definition) is 2. The topological polar surface area (TPSA) is 74.6 Å². The Kier molecular flexibility index (Phi) is 4.85. The number of pyridine rings is 1. The van der Waals surface area contributed by atoms with Crippen LogP contribution in [-0.4, -0.2) is 27.8 Å². The van der Waals surface area contributed by atoms with Crippen LogP contribution in [0.1, 0.15) is 75.6 Å². The van der Waals surface area contributed by atoms with E-state index in [4.69, 9.17) is 0 Å². The lowest BCUT2D eigenvalue weighted by atomic mass is 9.48. The van der Waals surface area contributed by atoms with Crippen molar-refractivity contribution in [2.75, 3.05) is 0 Å². The summed E-state index contributed by atoms with van der Waals surface area (Å²) < 4.78 is 0. The number of amides is 1. The van der Waals surface area contributed by atoms with E-state index in [1.165, 1.54) is 24.1 Å². The Morgan fingerprint density at radius 3 is 2.67 bits per heavy atom. The molecule has 2 N–H and O–H groups in total. The first-order chi connectivity index (χ1) is 14.4. The molecule has 0 radical (unpaired) electrons. The SMILES string of the molecule is C[C@]12CC[C@H](O)CC1=CC[C@@H]1[C@@H]2CC[C@]2(C)/C(=N/NC(=O)c3ccncc3)CC[C@@H]12. The predicted octanol–water partition coefficient (Wildman–Crippen LogP) is 4.49. The summed E-state index contributed by atoms with van der Waals surface area (Å²) in [6, 6.07) is 3.43. The number of hydrogen-bond acceptors (Lipinski definition) is 4. The van der Waals surface area contributed by atoms with Crippen molar-refractivity contribution in [3.05, 3.63) is 41.7 Å². The number of nitrogens with one attached hydrogen (secondary N) is 1. The molecule has 5 rings (SSSR count). The average Bonchev–Trinajstić information content (AvgIpc) is 3.09. The van der Waals surface area contributed by atoms with E-state index < -0.39 is 0 Å². The van der Waals surface area contributed by atoms with Crippen molar-refractivity contribution in [2.24, 2.45) is 33.7 Å². The highest BCUT2D eigenvalue weighted by Gasteiger charge is 2.57. The van der Waals surface area contributed by atoms with Crippen molar-refractivity contribution >= 4 is 11.6 Å². The van der Waals surface area contributed by atoms with Crippen LogP contribution >= 0.6 is 0 Å². The van der Waals surface area contributed by atoms with Gasteiger partial charge in [0, 0.05) is 29.1 Å². The van der Waals surface area contributed by atoms with E-state index in [2.05, 4.69) is 35.4 Å². The predicted molar refractivity (Wildman–Crippen MR) is 117 cm³/mol. The van der Waals surface area contributed by atoms with Crippen LogP contribution in [0, 0.1) is 28.6 Å². The van der Waals surface area contributed by atoms with Gasteiger partial charge in [-0.25, -0.2) is 5.43 Å². The maximum Gasteiger partial charge on any atom is 0.271 e. The number of aliphatic hydroxyl groups is 1. The minimum Gasteiger partial charge on any atom is -0.393 e. The van der Waals surface area contributed by atoms with E-state index >= 15 is 0 Å². The summed E-state index contributed by atoms with van der Waals surface area (Å²) in [7, 11) is 0. The normalized spacial score (nSPS) is 41.4. The van der Waals surface area contributed by atoms with Crippen LogP contribution in [0.2, 0.25) is 0 Å². The summed E-state index contributed by atoms with van der Waals surface area (Å²) in [4.78, 5) is 16.4. The molecule has 0 aromatic carbocycles. The molecule has 0 saturated heterocycles. The Morgan fingerprint density at radius 2 is 1.87 bits per heavy atom. The first kappa shape index (κ1) is 19.9. The van der Waals surface area contributed by atoms with Gasteiger partial charge >= 0.3 is 0 Å². The van der Waals surface area contributed by atoms with E-state index in [9.17, 15) is 9.90 Å². The third kappa shape index (κ3) is 3.05. The molecule has 0 bridgehead atoms. The van der Waals surface area contributed by atoms with Gasteiger partial charge < -0.3 is 5.11 Å². The summed E-state index contributed by atoms with van der Waals surface area (Å²) in [5.41, 5.74) is 6.44. The molecule has 30 heavy (non-hydrogen) atoms. The smallest absolute Gasteiger partial charge is 0.271 e. The van der Waals surface area contributed by atoms with Crippen LogP contribution < -0.4 is 5.43 Å². The van der Waals surface area contributed by atoms with E-state index in [0.717, 1.165) is 38.5 Å². The van der Waals surface area contributed by atoms with Crippen molar-refractivity contribution in [1.29, 1.82) is 0 Å². The number of aromatic nitrogens is 1. The van der Waals surface area contributed by atoms with Crippen molar-refractivity contribution in [1.82, 2.24) is 10.4 Å². The lowest BCUT2D eigenvalue weighted by molar-refractivity contribution is -0.0209. The maximum absolute atomic E-state index is 12.4. The first-order valence-electron chi connectivity index (χ1n) is 11.6. The van der Waals surface area contributed by atoms with Gasteiger partial charge in [0.15, 0.2) is 0 Å². The molecular formula is C25H33N3O2. The molecule has 1 heterocycles. The standard InChI is InChI=1S/C25H33N3O2/c1-24-11-7-18(29)15-17(24)3-4-19-20-5-6-22(25(20,2)12-8-21(19)24)27-28-23(30)16-9-13-26-14-10-16/h3,9-10,13-14,18-21,29H,4-8,11-12,15H2,1-2H3,(H,28,30)/b27-22+/t18-,19-,20-,21-,24-,25-/m0/s1. The van der Waals surface area contributed by atoms with Gasteiger partial charge in [0.2, 0.25) is 0 Å². The molecule has 5 heteroatoms. The second-order valence-electron chi connectivity index (χ2n) is 10.4. The highest BCUT2D eigenvalue weighted by Crippen LogP contribution is 2.64. The monoisotopic (exact) mass is 407 g/mol. The van der Waals surface area contributed by atoms with Gasteiger partial charge in [-0.3, -0.25) is 9.78 Å². The number of allylic oxidation sites excluding steroid dienone is 1. The van der Waals surface area contributed by atoms with E-state index in [-0.39, 0.29) is 22.8 Å². The molecule has 5 nitrogen and oxygen atoms in total. The van der Waals surface area contributed by atoms with Crippen molar-refractivity contribution < 1.29 is 9.90 Å². The zero-order valence-corrected chi connectivity index (χ0v) is 18.1. The Morgan fingerprint density at radius 1 is 1.13 bits per heavy atom. The molecule has 160 valence electrons. The van der Waals surface area contributed by atoms with Gasteiger partial charge in [-0.2, -0.15) is 5.10 Å². The van der Waals surface area contributed by atoms with Crippen molar-refractivity contribution in [2.45, 2.75) is 71.3 Å². The molecule has 0 spiro atoms. The Balaban J connectivity index is 1.36. The molecule has 3 fully saturated rings. The molecule has 6 atom stereocenters. The number of rotatable bonds is 2. The molecule has 0 aliphatic heterocycles. The van der Waals surface area contributed by atoms with Gasteiger partial charge in [0.25, 0.3) is 5.91 Å². The summed E-state index contributed by atoms with van der Waals surface area (Å²) >= 11 is 0. The summed E-state index contributed by atoms with van der Waals surface area (Å²) in [6.07, 6.45) is 14.2. The molecular weight excluding hydrogens is 374 g/mol. The zero-order chi connectivity index (χ0) is 20.9. The fourth-order valence-corrected chi connectivity index (χ4v) is 7.30. The number of fused-ring (bicyclic) bond motifs is 5. The number of aliphatic hydroxyl groups excluding tert-OH is 1. The van der Waals surface area contributed by atoms with Crippen molar-refractivity contribution in [3.63, 3.8) is 0 Å². The molecule has 1 amide bonds. The fraction of sp³-hybridized carbons (Fsp3) is 0.640. The number of nitrogens with zero attached hydrogens (tertiary/aromatic N) is 2. The Bertz CT molecular complexity index is 895. The quantitative estimate of drug-likeness (QED) is 0.560. The van der Waals surface area contributed by atoms with Crippen LogP contribution in [0.4, 0.5) is 0 Å². The molecule has 0 unspecified atom stereocenters. The van der Waals surface area contributed by atoms with Crippen LogP contribution in [-0.2, 0) is 0 Å². The van der Waals surface area contributed by atoms with Crippen LogP contribution in [0.15, 0.2) is 41.3 Å². The van der Waals surface area contributed by atoms with Gasteiger partial charge in [0.05, 0.1) is 6.10 Å². The van der Waals surface area contributed by atoms with E-state index in [0.29, 0.717) is 23.3 Å². The molecule has 4 aliphatic rings. The molecule has 4 aliphatic carbocycles.